The lowest BCUT2D eigenvalue weighted by atomic mass is 10.4. The van der Waals surface area contributed by atoms with Gasteiger partial charge in [0.2, 0.25) is 0 Å². The van der Waals surface area contributed by atoms with Crippen LogP contribution in [0.25, 0.3) is 4.96 Å². The molecular formula is C14H17N5OS2. The molecule has 0 aliphatic heterocycles. The number of hydrogen-bond donors (Lipinski definition) is 0. The van der Waals surface area contributed by atoms with Crippen LogP contribution in [0.1, 0.15) is 31.8 Å². The number of hydrogen-bond acceptors (Lipinski definition) is 6. The average Bonchev–Trinajstić information content (AvgIpc) is 3.12. The van der Waals surface area contributed by atoms with Crippen molar-refractivity contribution in [3.8, 4) is 0 Å². The van der Waals surface area contributed by atoms with E-state index >= 15 is 0 Å². The highest BCUT2D eigenvalue weighted by atomic mass is 32.2. The van der Waals surface area contributed by atoms with Crippen molar-refractivity contribution < 1.29 is 0 Å². The summed E-state index contributed by atoms with van der Waals surface area (Å²) < 4.78 is 3.72. The van der Waals surface area contributed by atoms with Gasteiger partial charge >= 0.3 is 0 Å². The van der Waals surface area contributed by atoms with Crippen LogP contribution in [-0.4, -0.2) is 24.1 Å². The Balaban J connectivity index is 1.81. The van der Waals surface area contributed by atoms with Crippen LogP contribution in [0.2, 0.25) is 0 Å². The SMILES string of the molecule is CCCn1c(CC)nnc1SCc1cc(=O)n2ccsc2n1. The zero-order chi connectivity index (χ0) is 15.5. The third-order valence-corrected chi connectivity index (χ3v) is 5.02. The van der Waals surface area contributed by atoms with E-state index in [-0.39, 0.29) is 5.56 Å². The number of thiazole rings is 1. The first-order chi connectivity index (χ1) is 10.7. The van der Waals surface area contributed by atoms with Crippen molar-refractivity contribution in [3.63, 3.8) is 0 Å². The minimum atomic E-state index is -0.0360. The molecule has 0 bridgehead atoms. The van der Waals surface area contributed by atoms with Gasteiger partial charge in [0.25, 0.3) is 5.56 Å². The fraction of sp³-hybridized carbons (Fsp3) is 0.429. The Kier molecular flexibility index (Phi) is 4.58. The summed E-state index contributed by atoms with van der Waals surface area (Å²) in [4.78, 5) is 17.2. The highest BCUT2D eigenvalue weighted by molar-refractivity contribution is 7.98. The van der Waals surface area contributed by atoms with Gasteiger partial charge in [0.15, 0.2) is 10.1 Å². The second-order valence-electron chi connectivity index (χ2n) is 4.83. The summed E-state index contributed by atoms with van der Waals surface area (Å²) >= 11 is 3.05. The van der Waals surface area contributed by atoms with Gasteiger partial charge in [-0.1, -0.05) is 25.6 Å². The number of nitrogens with zero attached hydrogens (tertiary/aromatic N) is 5. The van der Waals surface area contributed by atoms with Crippen molar-refractivity contribution in [1.82, 2.24) is 24.1 Å². The molecule has 0 saturated heterocycles. The maximum atomic E-state index is 12.0. The van der Waals surface area contributed by atoms with Gasteiger partial charge in [-0.05, 0) is 6.42 Å². The topological polar surface area (TPSA) is 65.1 Å². The van der Waals surface area contributed by atoms with Gasteiger partial charge in [0.1, 0.15) is 5.82 Å². The molecule has 0 atom stereocenters. The predicted molar refractivity (Wildman–Crippen MR) is 88.6 cm³/mol. The predicted octanol–water partition coefficient (Wildman–Crippen LogP) is 2.61. The molecule has 6 nitrogen and oxygen atoms in total. The van der Waals surface area contributed by atoms with E-state index in [0.717, 1.165) is 41.0 Å². The molecule has 0 aliphatic carbocycles. The normalized spacial score (nSPS) is 11.4. The Morgan fingerprint density at radius 1 is 1.32 bits per heavy atom. The van der Waals surface area contributed by atoms with Crippen molar-refractivity contribution in [2.45, 2.75) is 44.1 Å². The van der Waals surface area contributed by atoms with Crippen molar-refractivity contribution in [3.05, 3.63) is 39.5 Å². The number of rotatable bonds is 6. The summed E-state index contributed by atoms with van der Waals surface area (Å²) in [5.41, 5.74) is 0.743. The van der Waals surface area contributed by atoms with Crippen molar-refractivity contribution >= 4 is 28.1 Å². The van der Waals surface area contributed by atoms with Crippen LogP contribution in [0.3, 0.4) is 0 Å². The van der Waals surface area contributed by atoms with Crippen LogP contribution in [0, 0.1) is 0 Å². The molecule has 0 fully saturated rings. The summed E-state index contributed by atoms with van der Waals surface area (Å²) in [5, 5.41) is 11.3. The number of aromatic nitrogens is 5. The van der Waals surface area contributed by atoms with Crippen LogP contribution in [0.5, 0.6) is 0 Å². The summed E-state index contributed by atoms with van der Waals surface area (Å²) in [6.07, 6.45) is 3.66. The first-order valence-corrected chi connectivity index (χ1v) is 9.10. The van der Waals surface area contributed by atoms with E-state index in [9.17, 15) is 4.79 Å². The molecule has 3 heterocycles. The first kappa shape index (κ1) is 15.2. The standard InChI is InChI=1S/C14H17N5OS2/c1-3-5-18-11(4-2)16-17-14(18)22-9-10-8-12(20)19-6-7-21-13(19)15-10/h6-8H,3-5,9H2,1-2H3. The summed E-state index contributed by atoms with van der Waals surface area (Å²) in [6.45, 7) is 5.14. The van der Waals surface area contributed by atoms with Gasteiger partial charge in [-0.25, -0.2) is 4.98 Å². The Morgan fingerprint density at radius 2 is 2.18 bits per heavy atom. The molecule has 0 aromatic carbocycles. The Labute approximate surface area is 136 Å². The highest BCUT2D eigenvalue weighted by Gasteiger charge is 2.12. The molecular weight excluding hydrogens is 318 g/mol. The van der Waals surface area contributed by atoms with E-state index in [4.69, 9.17) is 0 Å². The fourth-order valence-electron chi connectivity index (χ4n) is 2.24. The van der Waals surface area contributed by atoms with Crippen LogP contribution < -0.4 is 5.56 Å². The molecule has 3 aromatic heterocycles. The fourth-order valence-corrected chi connectivity index (χ4v) is 3.85. The molecule has 0 saturated carbocycles. The highest BCUT2D eigenvalue weighted by Crippen LogP contribution is 2.22. The van der Waals surface area contributed by atoms with Crippen LogP contribution >= 0.6 is 23.1 Å². The molecule has 0 aliphatic rings. The Hall–Kier alpha value is -1.67. The van der Waals surface area contributed by atoms with Crippen LogP contribution in [0.15, 0.2) is 27.6 Å². The maximum absolute atomic E-state index is 12.0. The largest absolute Gasteiger partial charge is 0.306 e. The monoisotopic (exact) mass is 335 g/mol. The summed E-state index contributed by atoms with van der Waals surface area (Å²) in [5.74, 6) is 1.63. The number of aryl methyl sites for hydroxylation is 1. The van der Waals surface area contributed by atoms with Gasteiger partial charge in [-0.15, -0.1) is 21.5 Å². The van der Waals surface area contributed by atoms with E-state index in [2.05, 4.69) is 33.6 Å². The molecule has 3 rings (SSSR count). The van der Waals surface area contributed by atoms with Crippen molar-refractivity contribution in [2.75, 3.05) is 0 Å². The zero-order valence-corrected chi connectivity index (χ0v) is 14.2. The molecule has 116 valence electrons. The van der Waals surface area contributed by atoms with E-state index in [1.807, 2.05) is 5.38 Å². The molecule has 0 N–H and O–H groups in total. The minimum Gasteiger partial charge on any atom is -0.306 e. The van der Waals surface area contributed by atoms with Gasteiger partial charge in [0.05, 0.1) is 5.69 Å². The molecule has 0 radical (unpaired) electrons. The number of fused-ring (bicyclic) bond motifs is 1. The first-order valence-electron chi connectivity index (χ1n) is 7.23. The van der Waals surface area contributed by atoms with Gasteiger partial charge in [-0.2, -0.15) is 0 Å². The van der Waals surface area contributed by atoms with Crippen LogP contribution in [0.4, 0.5) is 0 Å². The lowest BCUT2D eigenvalue weighted by Crippen LogP contribution is -2.12. The zero-order valence-electron chi connectivity index (χ0n) is 12.5. The van der Waals surface area contributed by atoms with E-state index in [1.165, 1.54) is 11.3 Å². The second-order valence-corrected chi connectivity index (χ2v) is 6.65. The summed E-state index contributed by atoms with van der Waals surface area (Å²) in [6, 6.07) is 1.59. The quantitative estimate of drug-likeness (QED) is 0.648. The Bertz CT molecular complexity index is 835. The van der Waals surface area contributed by atoms with Gasteiger partial charge in [0, 0.05) is 36.4 Å². The molecule has 22 heavy (non-hydrogen) atoms. The second kappa shape index (κ2) is 6.62. The third-order valence-electron chi connectivity index (χ3n) is 3.26. The van der Waals surface area contributed by atoms with E-state index in [0.29, 0.717) is 5.75 Å². The van der Waals surface area contributed by atoms with Gasteiger partial charge in [-0.3, -0.25) is 9.20 Å². The molecule has 0 spiro atoms. The lowest BCUT2D eigenvalue weighted by molar-refractivity contribution is 0.595. The van der Waals surface area contributed by atoms with E-state index < -0.39 is 0 Å². The summed E-state index contributed by atoms with van der Waals surface area (Å²) in [7, 11) is 0. The molecule has 0 amide bonds. The lowest BCUT2D eigenvalue weighted by Gasteiger charge is -2.07. The third kappa shape index (κ3) is 2.93. The molecule has 0 unspecified atom stereocenters. The number of thioether (sulfide) groups is 1. The van der Waals surface area contributed by atoms with Crippen molar-refractivity contribution in [2.24, 2.45) is 0 Å². The molecule has 8 heteroatoms. The van der Waals surface area contributed by atoms with Crippen LogP contribution in [-0.2, 0) is 18.7 Å². The Morgan fingerprint density at radius 3 is 2.95 bits per heavy atom. The van der Waals surface area contributed by atoms with E-state index in [1.54, 1.807) is 28.4 Å². The smallest absolute Gasteiger partial charge is 0.258 e. The minimum absolute atomic E-state index is 0.0360. The molecule has 3 aromatic rings. The average molecular weight is 335 g/mol. The van der Waals surface area contributed by atoms with Crippen molar-refractivity contribution in [1.29, 1.82) is 0 Å². The van der Waals surface area contributed by atoms with Gasteiger partial charge < -0.3 is 4.57 Å². The maximum Gasteiger partial charge on any atom is 0.258 e.